The molecule has 1 heterocycles. The van der Waals surface area contributed by atoms with Gasteiger partial charge >= 0.3 is 11.9 Å². The molecule has 0 aliphatic carbocycles. The summed E-state index contributed by atoms with van der Waals surface area (Å²) in [6.07, 6.45) is 0. The molecule has 1 saturated heterocycles. The minimum absolute atomic E-state index is 0.317. The van der Waals surface area contributed by atoms with E-state index >= 15 is 0 Å². The van der Waals surface area contributed by atoms with Crippen molar-refractivity contribution >= 4 is 17.6 Å². The lowest BCUT2D eigenvalue weighted by Gasteiger charge is -2.24. The number of nitrogens with zero attached hydrogens (tertiary/aromatic N) is 1. The van der Waals surface area contributed by atoms with E-state index in [2.05, 4.69) is 15.3 Å². The summed E-state index contributed by atoms with van der Waals surface area (Å²) in [6.45, 7) is 0. The third-order valence-electron chi connectivity index (χ3n) is 1.62. The molecule has 15 heavy (non-hydrogen) atoms. The maximum Gasteiger partial charge on any atom is 0.444 e. The summed E-state index contributed by atoms with van der Waals surface area (Å²) < 4.78 is 12.6. The molecule has 0 bridgehead atoms. The third-order valence-corrected chi connectivity index (χ3v) is 1.62. The second-order valence-electron chi connectivity index (χ2n) is 2.63. The van der Waals surface area contributed by atoms with Crippen molar-refractivity contribution < 1.29 is 23.7 Å². The van der Waals surface area contributed by atoms with Crippen LogP contribution in [0.4, 0.5) is 10.1 Å². The molecule has 1 aliphatic rings. The summed E-state index contributed by atoms with van der Waals surface area (Å²) in [7, 11) is 0. The van der Waals surface area contributed by atoms with Crippen molar-refractivity contribution in [1.29, 1.82) is 0 Å². The van der Waals surface area contributed by atoms with Crippen molar-refractivity contribution in [2.24, 2.45) is 0 Å². The normalized spacial score (nSPS) is 15.9. The van der Waals surface area contributed by atoms with Gasteiger partial charge in [0, 0.05) is 0 Å². The van der Waals surface area contributed by atoms with Crippen LogP contribution in [-0.4, -0.2) is 11.9 Å². The number of rotatable bonds is 1. The van der Waals surface area contributed by atoms with Gasteiger partial charge in [-0.15, -0.1) is 5.17 Å². The first-order valence-electron chi connectivity index (χ1n) is 3.91. The molecular weight excluding hydrogens is 207 g/mol. The Balaban J connectivity index is 2.15. The topological polar surface area (TPSA) is 67.9 Å². The molecule has 1 aliphatic heterocycles. The van der Waals surface area contributed by atoms with E-state index in [1.807, 2.05) is 0 Å². The highest BCUT2D eigenvalue weighted by atomic mass is 19.1. The number of benzene rings is 1. The minimum atomic E-state index is -1.15. The number of hydrazine groups is 1. The molecule has 6 nitrogen and oxygen atoms in total. The molecular formula is C8H5FN2O4. The van der Waals surface area contributed by atoms with Gasteiger partial charge in [0.25, 0.3) is 0 Å². The van der Waals surface area contributed by atoms with E-state index < -0.39 is 17.8 Å². The maximum atomic E-state index is 12.6. The number of carbonyl (C=O) groups is 2. The second-order valence-corrected chi connectivity index (χ2v) is 2.63. The number of hydrogen-bond donors (Lipinski definition) is 1. The van der Waals surface area contributed by atoms with Gasteiger partial charge in [0.15, 0.2) is 0 Å². The standard InChI is InChI=1S/C8H5FN2O4/c9-5-1-3-6(4-2-5)11-10-14-7(12)8(13)15-11/h1-4,10H. The van der Waals surface area contributed by atoms with Crippen LogP contribution >= 0.6 is 0 Å². The van der Waals surface area contributed by atoms with Gasteiger partial charge in [-0.1, -0.05) is 0 Å². The number of halogens is 1. The van der Waals surface area contributed by atoms with Gasteiger partial charge in [-0.2, -0.15) is 0 Å². The lowest BCUT2D eigenvalue weighted by Crippen LogP contribution is -2.49. The molecule has 78 valence electrons. The van der Waals surface area contributed by atoms with Gasteiger partial charge in [-0.05, 0) is 29.9 Å². The molecule has 0 saturated carbocycles. The fraction of sp³-hybridized carbons (Fsp3) is 0. The molecule has 0 radical (unpaired) electrons. The van der Waals surface area contributed by atoms with Gasteiger partial charge < -0.3 is 9.68 Å². The van der Waals surface area contributed by atoms with Crippen molar-refractivity contribution in [1.82, 2.24) is 5.59 Å². The van der Waals surface area contributed by atoms with Crippen LogP contribution in [0, 0.1) is 5.82 Å². The van der Waals surface area contributed by atoms with Crippen molar-refractivity contribution in [3.63, 3.8) is 0 Å². The van der Waals surface area contributed by atoms with Crippen LogP contribution < -0.4 is 10.8 Å². The predicted molar refractivity (Wildman–Crippen MR) is 44.2 cm³/mol. The van der Waals surface area contributed by atoms with Gasteiger partial charge in [0.2, 0.25) is 0 Å². The zero-order valence-electron chi connectivity index (χ0n) is 7.27. The Kier molecular flexibility index (Phi) is 2.22. The molecule has 1 aromatic rings. The first-order valence-corrected chi connectivity index (χ1v) is 3.91. The Morgan fingerprint density at radius 2 is 1.80 bits per heavy atom. The van der Waals surface area contributed by atoms with Crippen LogP contribution in [0.3, 0.4) is 0 Å². The summed E-state index contributed by atoms with van der Waals surface area (Å²) >= 11 is 0. The van der Waals surface area contributed by atoms with Crippen LogP contribution in [0.25, 0.3) is 0 Å². The molecule has 0 atom stereocenters. The predicted octanol–water partition coefficient (Wildman–Crippen LogP) is 0.0667. The quantitative estimate of drug-likeness (QED) is 0.664. The van der Waals surface area contributed by atoms with Gasteiger partial charge in [-0.25, -0.2) is 14.0 Å². The molecule has 0 aromatic heterocycles. The van der Waals surface area contributed by atoms with Crippen LogP contribution in [0.1, 0.15) is 0 Å². The van der Waals surface area contributed by atoms with Gasteiger partial charge in [-0.3, -0.25) is 0 Å². The number of anilines is 1. The van der Waals surface area contributed by atoms with Crippen LogP contribution in [-0.2, 0) is 19.3 Å². The van der Waals surface area contributed by atoms with E-state index in [-0.39, 0.29) is 0 Å². The Bertz CT molecular complexity index is 406. The summed E-state index contributed by atoms with van der Waals surface area (Å²) in [5, 5.41) is 0.809. The number of hydrogen-bond acceptors (Lipinski definition) is 6. The van der Waals surface area contributed by atoms with E-state index in [4.69, 9.17) is 0 Å². The van der Waals surface area contributed by atoms with Crippen molar-refractivity contribution in [2.45, 2.75) is 0 Å². The Morgan fingerprint density at radius 1 is 1.13 bits per heavy atom. The highest BCUT2D eigenvalue weighted by molar-refractivity contribution is 6.30. The molecule has 0 amide bonds. The molecule has 1 N–H and O–H groups in total. The van der Waals surface area contributed by atoms with Crippen LogP contribution in [0.15, 0.2) is 24.3 Å². The number of carbonyl (C=O) groups excluding carboxylic acids is 2. The van der Waals surface area contributed by atoms with Gasteiger partial charge in [0.05, 0.1) is 5.69 Å². The zero-order chi connectivity index (χ0) is 10.8. The molecule has 0 unspecified atom stereocenters. The van der Waals surface area contributed by atoms with Crippen LogP contribution in [0.2, 0.25) is 0 Å². The van der Waals surface area contributed by atoms with E-state index in [0.29, 0.717) is 5.69 Å². The molecule has 1 aromatic carbocycles. The average molecular weight is 212 g/mol. The van der Waals surface area contributed by atoms with Crippen molar-refractivity contribution in [2.75, 3.05) is 5.17 Å². The summed E-state index contributed by atoms with van der Waals surface area (Å²) in [4.78, 5) is 30.1. The van der Waals surface area contributed by atoms with Crippen molar-refractivity contribution in [3.8, 4) is 0 Å². The van der Waals surface area contributed by atoms with E-state index in [1.54, 1.807) is 0 Å². The number of nitrogens with one attached hydrogen (secondary N) is 1. The molecule has 1 fully saturated rings. The fourth-order valence-electron chi connectivity index (χ4n) is 0.945. The van der Waals surface area contributed by atoms with E-state index in [1.165, 1.54) is 24.3 Å². The first-order chi connectivity index (χ1) is 7.16. The maximum absolute atomic E-state index is 12.6. The highest BCUT2D eigenvalue weighted by Gasteiger charge is 2.29. The fourth-order valence-corrected chi connectivity index (χ4v) is 0.945. The monoisotopic (exact) mass is 212 g/mol. The Hall–Kier alpha value is -2.15. The van der Waals surface area contributed by atoms with E-state index in [9.17, 15) is 14.0 Å². The smallest absolute Gasteiger partial charge is 0.338 e. The average Bonchev–Trinajstić information content (AvgIpc) is 2.23. The SMILES string of the molecule is O=C1ONN(c2ccc(F)cc2)OC1=O. The third kappa shape index (κ3) is 1.86. The van der Waals surface area contributed by atoms with Crippen LogP contribution in [0.5, 0.6) is 0 Å². The Labute approximate surface area is 83.1 Å². The summed E-state index contributed by atoms with van der Waals surface area (Å²) in [6, 6.07) is 5.02. The summed E-state index contributed by atoms with van der Waals surface area (Å²) in [5.74, 6) is -2.73. The lowest BCUT2D eigenvalue weighted by atomic mass is 10.3. The molecule has 0 spiro atoms. The zero-order valence-corrected chi connectivity index (χ0v) is 7.27. The largest absolute Gasteiger partial charge is 0.444 e. The molecule has 7 heteroatoms. The highest BCUT2D eigenvalue weighted by Crippen LogP contribution is 2.15. The lowest BCUT2D eigenvalue weighted by molar-refractivity contribution is -0.192. The second kappa shape index (κ2) is 3.54. The van der Waals surface area contributed by atoms with Crippen molar-refractivity contribution in [3.05, 3.63) is 30.1 Å². The first kappa shape index (κ1) is 9.41. The molecule has 2 rings (SSSR count). The van der Waals surface area contributed by atoms with E-state index in [0.717, 1.165) is 5.17 Å². The Morgan fingerprint density at radius 3 is 2.40 bits per heavy atom. The minimum Gasteiger partial charge on any atom is -0.338 e. The van der Waals surface area contributed by atoms with Gasteiger partial charge in [0.1, 0.15) is 5.82 Å². The summed E-state index contributed by atoms with van der Waals surface area (Å²) in [5.41, 5.74) is 2.37.